The third-order valence-electron chi connectivity index (χ3n) is 9.84. The van der Waals surface area contributed by atoms with Gasteiger partial charge in [0.25, 0.3) is 0 Å². The maximum absolute atomic E-state index is 12.3. The fraction of sp³-hybridized carbons (Fsp3) is 0.957. The van der Waals surface area contributed by atoms with Gasteiger partial charge in [0.05, 0.1) is 6.10 Å². The number of aliphatic hydroxyl groups excluding tert-OH is 1. The van der Waals surface area contributed by atoms with Crippen LogP contribution in [0.25, 0.3) is 0 Å². The minimum absolute atomic E-state index is 0.165. The van der Waals surface area contributed by atoms with E-state index in [9.17, 15) is 9.90 Å². The number of Topliss-reactive ketones (excluding diaryl/α,β-unsaturated/α-hetero) is 1. The van der Waals surface area contributed by atoms with Gasteiger partial charge in [-0.15, -0.1) is 0 Å². The van der Waals surface area contributed by atoms with E-state index in [-0.39, 0.29) is 11.5 Å². The molecule has 4 fully saturated rings. The SMILES string of the molecule is CC(=O)[C@H]1CC[C@H]2[C@@H]3CC[C@H]4C[C@H](O)[C@@H](N(C)C)C[C@]4(C)[C@H]3CC[C@]12C. The van der Waals surface area contributed by atoms with Crippen molar-refractivity contribution in [3.8, 4) is 0 Å². The van der Waals surface area contributed by atoms with Gasteiger partial charge in [-0.1, -0.05) is 13.8 Å². The first-order valence-corrected chi connectivity index (χ1v) is 11.0. The standard InChI is InChI=1S/C23H39NO2/c1-14(25)17-8-9-18-16-7-6-15-12-21(26)20(24(4)5)13-23(15,3)19(16)10-11-22(17,18)2/h15-21,26H,6-13H2,1-5H3/t15-,16-,17+,18-,19-,20-,21-,22+,23-/m0/s1. The summed E-state index contributed by atoms with van der Waals surface area (Å²) >= 11 is 0. The zero-order valence-electron chi connectivity index (χ0n) is 17.5. The van der Waals surface area contributed by atoms with E-state index in [1.807, 2.05) is 6.92 Å². The average Bonchev–Trinajstić information content (AvgIpc) is 2.92. The molecule has 0 saturated heterocycles. The fourth-order valence-corrected chi connectivity index (χ4v) is 8.47. The first kappa shape index (κ1) is 18.9. The van der Waals surface area contributed by atoms with Gasteiger partial charge in [0.1, 0.15) is 5.78 Å². The van der Waals surface area contributed by atoms with Crippen LogP contribution in [0.1, 0.15) is 72.1 Å². The Labute approximate surface area is 159 Å². The van der Waals surface area contributed by atoms with Crippen LogP contribution in [-0.4, -0.2) is 42.0 Å². The fourth-order valence-electron chi connectivity index (χ4n) is 8.47. The molecule has 9 atom stereocenters. The number of carbonyl (C=O) groups is 1. The van der Waals surface area contributed by atoms with Crippen molar-refractivity contribution in [2.45, 2.75) is 84.3 Å². The van der Waals surface area contributed by atoms with E-state index in [4.69, 9.17) is 0 Å². The van der Waals surface area contributed by atoms with Crippen LogP contribution in [0.4, 0.5) is 0 Å². The van der Waals surface area contributed by atoms with Crippen molar-refractivity contribution in [1.82, 2.24) is 4.90 Å². The Morgan fingerprint density at radius 2 is 1.69 bits per heavy atom. The Balaban J connectivity index is 1.62. The van der Waals surface area contributed by atoms with Crippen LogP contribution in [-0.2, 0) is 4.79 Å². The van der Waals surface area contributed by atoms with Gasteiger partial charge < -0.3 is 10.0 Å². The first-order valence-electron chi connectivity index (χ1n) is 11.0. The summed E-state index contributed by atoms with van der Waals surface area (Å²) in [6.45, 7) is 6.82. The Bertz CT molecular complexity index is 575. The van der Waals surface area contributed by atoms with Crippen LogP contribution in [0.3, 0.4) is 0 Å². The number of hydrogen-bond donors (Lipinski definition) is 1. The zero-order valence-corrected chi connectivity index (χ0v) is 17.5. The normalized spacial score (nSPS) is 53.7. The van der Waals surface area contributed by atoms with Crippen molar-refractivity contribution in [1.29, 1.82) is 0 Å². The number of fused-ring (bicyclic) bond motifs is 5. The van der Waals surface area contributed by atoms with Crippen molar-refractivity contribution in [2.75, 3.05) is 14.1 Å². The number of rotatable bonds is 2. The lowest BCUT2D eigenvalue weighted by Crippen LogP contribution is -2.58. The Morgan fingerprint density at radius 3 is 2.35 bits per heavy atom. The molecule has 0 aliphatic heterocycles. The van der Waals surface area contributed by atoms with Crippen molar-refractivity contribution < 1.29 is 9.90 Å². The summed E-state index contributed by atoms with van der Waals surface area (Å²) in [5.41, 5.74) is 0.623. The molecule has 0 unspecified atom stereocenters. The maximum Gasteiger partial charge on any atom is 0.133 e. The van der Waals surface area contributed by atoms with Crippen LogP contribution in [0.5, 0.6) is 0 Å². The predicted molar refractivity (Wildman–Crippen MR) is 105 cm³/mol. The second-order valence-electron chi connectivity index (χ2n) is 11.0. The molecule has 1 N–H and O–H groups in total. The van der Waals surface area contributed by atoms with E-state index in [1.165, 1.54) is 32.1 Å². The van der Waals surface area contributed by atoms with Crippen LogP contribution < -0.4 is 0 Å². The van der Waals surface area contributed by atoms with Gasteiger partial charge in [-0.3, -0.25) is 4.79 Å². The van der Waals surface area contributed by atoms with Crippen molar-refractivity contribution in [3.05, 3.63) is 0 Å². The molecule has 0 aromatic rings. The van der Waals surface area contributed by atoms with Crippen LogP contribution in [0.15, 0.2) is 0 Å². The lowest BCUT2D eigenvalue weighted by molar-refractivity contribution is -0.149. The molecule has 0 amide bonds. The molecule has 4 aliphatic rings. The van der Waals surface area contributed by atoms with Crippen molar-refractivity contribution in [2.24, 2.45) is 40.4 Å². The Kier molecular flexibility index (Phi) is 4.59. The number of ketones is 1. The summed E-state index contributed by atoms with van der Waals surface area (Å²) in [5, 5.41) is 10.7. The molecule has 0 spiro atoms. The highest BCUT2D eigenvalue weighted by molar-refractivity contribution is 5.79. The van der Waals surface area contributed by atoms with Gasteiger partial charge in [0, 0.05) is 12.0 Å². The monoisotopic (exact) mass is 361 g/mol. The van der Waals surface area contributed by atoms with Gasteiger partial charge in [-0.25, -0.2) is 0 Å². The van der Waals surface area contributed by atoms with E-state index >= 15 is 0 Å². The van der Waals surface area contributed by atoms with Gasteiger partial charge in [0.2, 0.25) is 0 Å². The molecule has 0 heterocycles. The van der Waals surface area contributed by atoms with Crippen LogP contribution >= 0.6 is 0 Å². The minimum Gasteiger partial charge on any atom is -0.391 e. The second kappa shape index (κ2) is 6.30. The number of aliphatic hydroxyl groups is 1. The lowest BCUT2D eigenvalue weighted by Gasteiger charge is -2.62. The van der Waals surface area contributed by atoms with Crippen LogP contribution in [0.2, 0.25) is 0 Å². The largest absolute Gasteiger partial charge is 0.391 e. The smallest absolute Gasteiger partial charge is 0.133 e. The molecule has 4 rings (SSSR count). The third-order valence-corrected chi connectivity index (χ3v) is 9.84. The minimum atomic E-state index is -0.165. The highest BCUT2D eigenvalue weighted by Gasteiger charge is 2.61. The van der Waals surface area contributed by atoms with Gasteiger partial charge in [0.15, 0.2) is 0 Å². The topological polar surface area (TPSA) is 40.5 Å². The summed E-state index contributed by atoms with van der Waals surface area (Å²) in [5.74, 6) is 3.77. The van der Waals surface area contributed by atoms with Gasteiger partial charge in [-0.2, -0.15) is 0 Å². The molecule has 0 aromatic heterocycles. The van der Waals surface area contributed by atoms with Gasteiger partial charge >= 0.3 is 0 Å². The number of hydrogen-bond acceptors (Lipinski definition) is 3. The molecule has 4 saturated carbocycles. The molecule has 148 valence electrons. The highest BCUT2D eigenvalue weighted by atomic mass is 16.3. The van der Waals surface area contributed by atoms with E-state index in [2.05, 4.69) is 32.8 Å². The molecule has 3 nitrogen and oxygen atoms in total. The summed E-state index contributed by atoms with van der Waals surface area (Å²) in [7, 11) is 4.26. The van der Waals surface area contributed by atoms with Gasteiger partial charge in [-0.05, 0) is 107 Å². The molecular formula is C23H39NO2. The second-order valence-corrected chi connectivity index (χ2v) is 11.0. The Morgan fingerprint density at radius 1 is 1.00 bits per heavy atom. The first-order chi connectivity index (χ1) is 12.2. The van der Waals surface area contributed by atoms with E-state index < -0.39 is 0 Å². The summed E-state index contributed by atoms with van der Waals surface area (Å²) in [6.07, 6.45) is 9.50. The molecule has 0 aromatic carbocycles. The molecular weight excluding hydrogens is 322 g/mol. The highest BCUT2D eigenvalue weighted by Crippen LogP contribution is 2.67. The quantitative estimate of drug-likeness (QED) is 0.804. The Hall–Kier alpha value is -0.410. The lowest BCUT2D eigenvalue weighted by atomic mass is 9.44. The molecule has 3 heteroatoms. The van der Waals surface area contributed by atoms with E-state index in [1.54, 1.807) is 0 Å². The van der Waals surface area contributed by atoms with Crippen molar-refractivity contribution in [3.63, 3.8) is 0 Å². The summed E-state index contributed by atoms with van der Waals surface area (Å²) < 4.78 is 0. The summed E-state index contributed by atoms with van der Waals surface area (Å²) in [6, 6.07) is 0.303. The predicted octanol–water partition coefficient (Wildman–Crippen LogP) is 4.14. The molecule has 0 radical (unpaired) electrons. The van der Waals surface area contributed by atoms with E-state index in [0.717, 1.165) is 37.0 Å². The molecule has 4 aliphatic carbocycles. The zero-order chi connectivity index (χ0) is 18.9. The summed E-state index contributed by atoms with van der Waals surface area (Å²) in [4.78, 5) is 14.5. The number of carbonyl (C=O) groups excluding carboxylic acids is 1. The van der Waals surface area contributed by atoms with E-state index in [0.29, 0.717) is 29.1 Å². The number of likely N-dealkylation sites (N-methyl/N-ethyl adjacent to an activating group) is 1. The number of nitrogens with zero attached hydrogens (tertiary/aromatic N) is 1. The maximum atomic E-state index is 12.3. The average molecular weight is 362 g/mol. The third kappa shape index (κ3) is 2.56. The van der Waals surface area contributed by atoms with Crippen molar-refractivity contribution >= 4 is 5.78 Å². The van der Waals surface area contributed by atoms with Crippen LogP contribution in [0, 0.1) is 40.4 Å². The molecule has 0 bridgehead atoms. The molecule has 26 heavy (non-hydrogen) atoms.